The maximum Gasteiger partial charge on any atom is 0.265 e. The molecule has 13 heteroatoms. The van der Waals surface area contributed by atoms with Crippen molar-refractivity contribution >= 4 is 5.78 Å². The number of aromatic hydroxyl groups is 3. The van der Waals surface area contributed by atoms with Gasteiger partial charge in [0.2, 0.25) is 0 Å². The third kappa shape index (κ3) is 4.00. The second-order valence-electron chi connectivity index (χ2n) is 10.0. The monoisotopic (exact) mass is 550 g/mol. The van der Waals surface area contributed by atoms with Crippen LogP contribution in [0, 0.1) is 0 Å². The predicted molar refractivity (Wildman–Crippen MR) is 128 cm³/mol. The number of phenols is 3. The highest BCUT2D eigenvalue weighted by atomic mass is 16.8. The van der Waals surface area contributed by atoms with E-state index in [1.165, 1.54) is 45.2 Å². The van der Waals surface area contributed by atoms with E-state index >= 15 is 0 Å². The van der Waals surface area contributed by atoms with Crippen molar-refractivity contribution in [3.05, 3.63) is 41.5 Å². The molecule has 0 amide bonds. The van der Waals surface area contributed by atoms with Gasteiger partial charge < -0.3 is 59.4 Å². The molecule has 0 saturated carbocycles. The molecule has 212 valence electrons. The van der Waals surface area contributed by atoms with Crippen molar-refractivity contribution in [2.24, 2.45) is 0 Å². The van der Waals surface area contributed by atoms with E-state index < -0.39 is 72.3 Å². The number of hydrogen-bond donors (Lipinski definition) is 7. The molecule has 3 aliphatic heterocycles. The summed E-state index contributed by atoms with van der Waals surface area (Å²) in [5.41, 5.74) is -1.46. The third-order valence-electron chi connectivity index (χ3n) is 7.72. The molecule has 0 spiro atoms. The van der Waals surface area contributed by atoms with Crippen molar-refractivity contribution in [2.45, 2.75) is 68.0 Å². The first-order valence-corrected chi connectivity index (χ1v) is 12.2. The van der Waals surface area contributed by atoms with Crippen LogP contribution in [0.25, 0.3) is 0 Å². The highest BCUT2D eigenvalue weighted by Crippen LogP contribution is 2.63. The van der Waals surface area contributed by atoms with Crippen LogP contribution in [0.2, 0.25) is 0 Å². The topological polar surface area (TPSA) is 205 Å². The molecule has 2 bridgehead atoms. The molecule has 3 aliphatic rings. The standard InChI is InChI=1S/C26H30O13/c1-10(28)25(2)19-18-14(31)7-12(29)8-16(18)38-26(39-25,11-4-5-13(30)15(6-11)35-3)23(19)37-24-22(34)21(33)20(32)17(9-27)36-24/h4-8,17,19-24,27,29-34H,9H2,1-3H3/t17-,19+,20-,21+,22-,23-,24+,25?,26+/m1/s1. The first kappa shape index (κ1) is 27.4. The lowest BCUT2D eigenvalue weighted by atomic mass is 9.75. The van der Waals surface area contributed by atoms with Crippen LogP contribution in [0.15, 0.2) is 30.3 Å². The first-order valence-electron chi connectivity index (χ1n) is 12.2. The van der Waals surface area contributed by atoms with E-state index in [4.69, 9.17) is 23.7 Å². The van der Waals surface area contributed by atoms with E-state index in [1.807, 2.05) is 0 Å². The number of hydrogen-bond acceptors (Lipinski definition) is 13. The molecule has 2 saturated heterocycles. The number of carbonyl (C=O) groups excluding carboxylic acids is 1. The predicted octanol–water partition coefficient (Wildman–Crippen LogP) is -0.296. The molecule has 0 aromatic heterocycles. The van der Waals surface area contributed by atoms with E-state index in [0.717, 1.165) is 6.07 Å². The van der Waals surface area contributed by atoms with Gasteiger partial charge in [-0.3, -0.25) is 4.79 Å². The smallest absolute Gasteiger partial charge is 0.265 e. The highest BCUT2D eigenvalue weighted by Gasteiger charge is 2.71. The van der Waals surface area contributed by atoms with Crippen LogP contribution in [-0.2, 0) is 24.8 Å². The number of Topliss-reactive ketones (excluding diaryl/α,β-unsaturated/α-hetero) is 1. The third-order valence-corrected chi connectivity index (χ3v) is 7.72. The number of ether oxygens (including phenoxy) is 5. The zero-order chi connectivity index (χ0) is 28.4. The summed E-state index contributed by atoms with van der Waals surface area (Å²) in [6, 6.07) is 6.40. The molecule has 39 heavy (non-hydrogen) atoms. The zero-order valence-electron chi connectivity index (χ0n) is 21.2. The minimum Gasteiger partial charge on any atom is -0.508 e. The van der Waals surface area contributed by atoms with E-state index in [0.29, 0.717) is 0 Å². The second-order valence-corrected chi connectivity index (χ2v) is 10.0. The number of fused-ring (bicyclic) bond motifs is 4. The van der Waals surface area contributed by atoms with Gasteiger partial charge in [-0.15, -0.1) is 0 Å². The van der Waals surface area contributed by atoms with Gasteiger partial charge in [-0.1, -0.05) is 0 Å². The summed E-state index contributed by atoms with van der Waals surface area (Å²) >= 11 is 0. The van der Waals surface area contributed by atoms with Crippen LogP contribution in [0.5, 0.6) is 28.7 Å². The summed E-state index contributed by atoms with van der Waals surface area (Å²) in [6.45, 7) is 2.03. The fourth-order valence-electron chi connectivity index (χ4n) is 5.57. The minimum atomic E-state index is -2.02. The lowest BCUT2D eigenvalue weighted by molar-refractivity contribution is -0.337. The lowest BCUT2D eigenvalue weighted by Gasteiger charge is -2.45. The van der Waals surface area contributed by atoms with Crippen LogP contribution in [-0.4, -0.2) is 97.7 Å². The maximum atomic E-state index is 13.1. The van der Waals surface area contributed by atoms with Crippen LogP contribution in [0.3, 0.4) is 0 Å². The number of rotatable bonds is 6. The van der Waals surface area contributed by atoms with Gasteiger partial charge in [0.15, 0.2) is 23.6 Å². The second kappa shape index (κ2) is 9.48. The Hall–Kier alpha value is -3.17. The molecule has 9 atom stereocenters. The molecule has 0 aliphatic carbocycles. The average molecular weight is 551 g/mol. The Balaban J connectivity index is 1.72. The fourth-order valence-corrected chi connectivity index (χ4v) is 5.57. The lowest BCUT2D eigenvalue weighted by Crippen LogP contribution is -2.61. The Morgan fingerprint density at radius 2 is 1.74 bits per heavy atom. The molecule has 2 aromatic carbocycles. The van der Waals surface area contributed by atoms with Crippen LogP contribution in [0.4, 0.5) is 0 Å². The van der Waals surface area contributed by atoms with Crippen molar-refractivity contribution in [1.29, 1.82) is 0 Å². The molecular formula is C26H30O13. The van der Waals surface area contributed by atoms with E-state index in [9.17, 15) is 40.5 Å². The zero-order valence-corrected chi connectivity index (χ0v) is 21.2. The van der Waals surface area contributed by atoms with Gasteiger partial charge in [0.05, 0.1) is 19.6 Å². The molecule has 13 nitrogen and oxygen atoms in total. The number of phenolic OH excluding ortho intramolecular Hbond substituents is 3. The molecule has 0 radical (unpaired) electrons. The van der Waals surface area contributed by atoms with Crippen molar-refractivity contribution in [3.8, 4) is 28.7 Å². The Morgan fingerprint density at radius 3 is 2.38 bits per heavy atom. The van der Waals surface area contributed by atoms with Gasteiger partial charge in [0, 0.05) is 23.3 Å². The van der Waals surface area contributed by atoms with Crippen LogP contribution in [0.1, 0.15) is 30.9 Å². The molecule has 1 unspecified atom stereocenters. The van der Waals surface area contributed by atoms with Gasteiger partial charge in [-0.05, 0) is 32.0 Å². The van der Waals surface area contributed by atoms with Crippen LogP contribution >= 0.6 is 0 Å². The summed E-state index contributed by atoms with van der Waals surface area (Å²) in [7, 11) is 1.32. The summed E-state index contributed by atoms with van der Waals surface area (Å²) in [5, 5.41) is 72.2. The number of carbonyl (C=O) groups is 1. The van der Waals surface area contributed by atoms with E-state index in [2.05, 4.69) is 0 Å². The van der Waals surface area contributed by atoms with Crippen molar-refractivity contribution in [1.82, 2.24) is 0 Å². The largest absolute Gasteiger partial charge is 0.508 e. The summed E-state index contributed by atoms with van der Waals surface area (Å²) < 4.78 is 29.7. The number of aliphatic hydroxyl groups is 4. The van der Waals surface area contributed by atoms with Gasteiger partial charge >= 0.3 is 0 Å². The van der Waals surface area contributed by atoms with Crippen molar-refractivity contribution in [3.63, 3.8) is 0 Å². The molecule has 5 rings (SSSR count). The molecule has 2 aromatic rings. The molecule has 2 fully saturated rings. The molecular weight excluding hydrogens is 520 g/mol. The van der Waals surface area contributed by atoms with Gasteiger partial charge in [0.1, 0.15) is 53.4 Å². The van der Waals surface area contributed by atoms with Gasteiger partial charge in [-0.25, -0.2) is 0 Å². The Labute approximate surface area is 222 Å². The van der Waals surface area contributed by atoms with Crippen molar-refractivity contribution < 1.29 is 64.2 Å². The average Bonchev–Trinajstić information content (AvgIpc) is 3.05. The van der Waals surface area contributed by atoms with E-state index in [-0.39, 0.29) is 34.1 Å². The quantitative estimate of drug-likeness (QED) is 0.247. The van der Waals surface area contributed by atoms with Crippen molar-refractivity contribution in [2.75, 3.05) is 13.7 Å². The Kier molecular flexibility index (Phi) is 6.66. The van der Waals surface area contributed by atoms with Crippen LogP contribution < -0.4 is 9.47 Å². The minimum absolute atomic E-state index is 0.0248. The number of methoxy groups -OCH3 is 1. The Morgan fingerprint density at radius 1 is 1.03 bits per heavy atom. The maximum absolute atomic E-state index is 13.1. The summed E-state index contributed by atoms with van der Waals surface area (Å²) in [4.78, 5) is 13.1. The number of ketones is 1. The van der Waals surface area contributed by atoms with Gasteiger partial charge in [0.25, 0.3) is 5.79 Å². The molecule has 3 heterocycles. The summed E-state index contributed by atoms with van der Waals surface area (Å²) in [6.07, 6.45) is -9.54. The number of benzene rings is 2. The summed E-state index contributed by atoms with van der Waals surface area (Å²) in [5.74, 6) is -4.59. The number of aliphatic hydroxyl groups excluding tert-OH is 4. The van der Waals surface area contributed by atoms with Gasteiger partial charge in [-0.2, -0.15) is 0 Å². The Bertz CT molecular complexity index is 1280. The highest BCUT2D eigenvalue weighted by molar-refractivity contribution is 5.87. The SMILES string of the molecule is COc1cc([C@@]23Oc4cc(O)cc(O)c4[C@@H]([C@H]2O[C@@H]2O[C@H](CO)[C@@H](O)[C@H](O)[C@H]2O)C(C)(C(C)=O)O3)ccc1O. The molecule has 7 N–H and O–H groups in total. The van der Waals surface area contributed by atoms with E-state index in [1.54, 1.807) is 0 Å². The first-order chi connectivity index (χ1) is 18.4. The normalized spacial score (nSPS) is 37.2. The fraction of sp³-hybridized carbons (Fsp3) is 0.500.